The van der Waals surface area contributed by atoms with E-state index in [0.717, 1.165) is 16.8 Å². The van der Waals surface area contributed by atoms with E-state index < -0.39 is 0 Å². The molecule has 4 heteroatoms. The van der Waals surface area contributed by atoms with Crippen LogP contribution < -0.4 is 14.8 Å². The van der Waals surface area contributed by atoms with Crippen molar-refractivity contribution in [2.24, 2.45) is 0 Å². The molecule has 66 valence electrons. The van der Waals surface area contributed by atoms with E-state index in [4.69, 9.17) is 21.7 Å². The Morgan fingerprint density at radius 1 is 1.17 bits per heavy atom. The standard InChI is InChI=1S/C8H10O2PS/c1-9-6-4-3-5-7(10-2)8(6)11-12/h3-5,11H,1-2H3/q-1. The highest BCUT2D eigenvalue weighted by molar-refractivity contribution is 8.28. The fourth-order valence-electron chi connectivity index (χ4n) is 0.952. The summed E-state index contributed by atoms with van der Waals surface area (Å²) in [5.74, 6) is 1.62. The van der Waals surface area contributed by atoms with Gasteiger partial charge < -0.3 is 21.7 Å². The summed E-state index contributed by atoms with van der Waals surface area (Å²) in [6.45, 7) is 0. The summed E-state index contributed by atoms with van der Waals surface area (Å²) in [7, 11) is 3.54. The molecule has 1 unspecified atom stereocenters. The minimum atomic E-state index is 0.275. The molecule has 1 aromatic carbocycles. The van der Waals surface area contributed by atoms with Gasteiger partial charge in [0.1, 0.15) is 11.5 Å². The molecule has 1 atom stereocenters. The minimum Gasteiger partial charge on any atom is -0.757 e. The highest BCUT2D eigenvalue weighted by atomic mass is 32.7. The molecule has 0 aliphatic carbocycles. The number of rotatable bonds is 3. The van der Waals surface area contributed by atoms with E-state index in [9.17, 15) is 0 Å². The van der Waals surface area contributed by atoms with E-state index in [2.05, 4.69) is 0 Å². The zero-order valence-corrected chi connectivity index (χ0v) is 8.77. The summed E-state index contributed by atoms with van der Waals surface area (Å²) < 4.78 is 10.3. The lowest BCUT2D eigenvalue weighted by molar-refractivity contribution is 0.401. The van der Waals surface area contributed by atoms with Crippen LogP contribution in [-0.4, -0.2) is 14.2 Å². The maximum Gasteiger partial charge on any atom is 0.128 e. The molecular formula is C8H10O2PS-. The van der Waals surface area contributed by atoms with E-state index in [1.165, 1.54) is 0 Å². The quantitative estimate of drug-likeness (QED) is 0.545. The molecule has 0 fully saturated rings. The number of ether oxygens (including phenoxy) is 2. The Balaban J connectivity index is 3.13. The second-order valence-electron chi connectivity index (χ2n) is 2.14. The van der Waals surface area contributed by atoms with Crippen LogP contribution in [0.15, 0.2) is 18.2 Å². The van der Waals surface area contributed by atoms with E-state index in [0.29, 0.717) is 0 Å². The fourth-order valence-corrected chi connectivity index (χ4v) is 2.13. The second-order valence-corrected chi connectivity index (χ2v) is 3.46. The van der Waals surface area contributed by atoms with Crippen molar-refractivity contribution in [2.45, 2.75) is 0 Å². The highest BCUT2D eigenvalue weighted by Gasteiger charge is 2.03. The van der Waals surface area contributed by atoms with E-state index >= 15 is 0 Å². The summed E-state index contributed by atoms with van der Waals surface area (Å²) in [5, 5.41) is 0.970. The maximum absolute atomic E-state index is 5.14. The van der Waals surface area contributed by atoms with Crippen LogP contribution in [0.4, 0.5) is 0 Å². The lowest BCUT2D eigenvalue weighted by Crippen LogP contribution is -2.04. The molecule has 0 saturated heterocycles. The van der Waals surface area contributed by atoms with Gasteiger partial charge in [-0.25, -0.2) is 7.78 Å². The Hall–Kier alpha value is -0.400. The number of hydrogen-bond donors (Lipinski definition) is 0. The van der Waals surface area contributed by atoms with Crippen LogP contribution in [0, 0.1) is 0 Å². The van der Waals surface area contributed by atoms with Gasteiger partial charge in [-0.3, -0.25) is 0 Å². The topological polar surface area (TPSA) is 18.5 Å². The predicted octanol–water partition coefficient (Wildman–Crippen LogP) is 1.47. The molecule has 2 nitrogen and oxygen atoms in total. The van der Waals surface area contributed by atoms with Crippen LogP contribution in [-0.2, 0) is 12.2 Å². The van der Waals surface area contributed by atoms with Gasteiger partial charge >= 0.3 is 0 Å². The smallest absolute Gasteiger partial charge is 0.128 e. The molecule has 0 aliphatic rings. The number of methoxy groups -OCH3 is 2. The normalized spacial score (nSPS) is 10.6. The van der Waals surface area contributed by atoms with Crippen molar-refractivity contribution in [3.8, 4) is 11.5 Å². The van der Waals surface area contributed by atoms with Crippen molar-refractivity contribution < 1.29 is 9.47 Å². The van der Waals surface area contributed by atoms with Gasteiger partial charge in [-0.2, -0.15) is 0 Å². The molecular weight excluding hydrogens is 191 g/mol. The van der Waals surface area contributed by atoms with Gasteiger partial charge in [-0.05, 0) is 12.1 Å². The zero-order valence-electron chi connectivity index (χ0n) is 6.96. The SMILES string of the molecule is COc1cccc(OC)c1P[S-]. The highest BCUT2D eigenvalue weighted by Crippen LogP contribution is 2.24. The second kappa shape index (κ2) is 4.58. The number of hydrogen-bond acceptors (Lipinski definition) is 3. The van der Waals surface area contributed by atoms with Gasteiger partial charge in [0, 0.05) is 5.30 Å². The first-order valence-corrected chi connectivity index (χ1v) is 5.56. The summed E-state index contributed by atoms with van der Waals surface area (Å²) in [4.78, 5) is 0. The van der Waals surface area contributed by atoms with Crippen LogP contribution in [0.2, 0.25) is 0 Å². The zero-order chi connectivity index (χ0) is 8.97. The van der Waals surface area contributed by atoms with E-state index in [1.807, 2.05) is 18.2 Å². The first-order valence-electron chi connectivity index (χ1n) is 3.42. The maximum atomic E-state index is 5.14. The molecule has 0 heterocycles. The molecule has 0 aromatic heterocycles. The van der Waals surface area contributed by atoms with E-state index in [1.54, 1.807) is 14.2 Å². The summed E-state index contributed by atoms with van der Waals surface area (Å²) in [6.07, 6.45) is 0. The van der Waals surface area contributed by atoms with Crippen molar-refractivity contribution in [1.82, 2.24) is 0 Å². The van der Waals surface area contributed by atoms with Crippen molar-refractivity contribution in [3.63, 3.8) is 0 Å². The van der Waals surface area contributed by atoms with Gasteiger partial charge in [0.2, 0.25) is 0 Å². The fraction of sp³-hybridized carbons (Fsp3) is 0.250. The monoisotopic (exact) mass is 201 g/mol. The Bertz CT molecular complexity index is 243. The average Bonchev–Trinajstić information content (AvgIpc) is 2.16. The lowest BCUT2D eigenvalue weighted by Gasteiger charge is -2.15. The van der Waals surface area contributed by atoms with Crippen molar-refractivity contribution in [2.75, 3.05) is 14.2 Å². The lowest BCUT2D eigenvalue weighted by atomic mass is 10.3. The Labute approximate surface area is 79.2 Å². The van der Waals surface area contributed by atoms with Crippen molar-refractivity contribution >= 4 is 25.3 Å². The molecule has 0 spiro atoms. The third-order valence-electron chi connectivity index (χ3n) is 1.53. The van der Waals surface area contributed by atoms with Crippen LogP contribution in [0.1, 0.15) is 0 Å². The number of benzene rings is 1. The van der Waals surface area contributed by atoms with Gasteiger partial charge in [0.05, 0.1) is 14.2 Å². The van der Waals surface area contributed by atoms with Crippen LogP contribution in [0.3, 0.4) is 0 Å². The molecule has 0 bridgehead atoms. The summed E-state index contributed by atoms with van der Waals surface area (Å²) in [6, 6.07) is 5.66. The first kappa shape index (κ1) is 9.69. The first-order chi connectivity index (χ1) is 5.83. The summed E-state index contributed by atoms with van der Waals surface area (Å²) >= 11 is 4.99. The average molecular weight is 201 g/mol. The molecule has 0 amide bonds. The van der Waals surface area contributed by atoms with Gasteiger partial charge in [-0.15, -0.1) is 0 Å². The largest absolute Gasteiger partial charge is 0.757 e. The van der Waals surface area contributed by atoms with Gasteiger partial charge in [0.15, 0.2) is 0 Å². The molecule has 0 radical (unpaired) electrons. The molecule has 1 aromatic rings. The van der Waals surface area contributed by atoms with E-state index in [-0.39, 0.29) is 7.78 Å². The Morgan fingerprint density at radius 2 is 1.67 bits per heavy atom. The molecule has 0 aliphatic heterocycles. The molecule has 0 N–H and O–H groups in total. The molecule has 0 saturated carbocycles. The molecule has 1 rings (SSSR count). The van der Waals surface area contributed by atoms with Crippen molar-refractivity contribution in [3.05, 3.63) is 18.2 Å². The van der Waals surface area contributed by atoms with Crippen LogP contribution >= 0.6 is 7.78 Å². The Morgan fingerprint density at radius 3 is 2.00 bits per heavy atom. The van der Waals surface area contributed by atoms with Crippen LogP contribution in [0.5, 0.6) is 11.5 Å². The van der Waals surface area contributed by atoms with Gasteiger partial charge in [0.25, 0.3) is 0 Å². The summed E-state index contributed by atoms with van der Waals surface area (Å²) in [5.41, 5.74) is 0. The van der Waals surface area contributed by atoms with Crippen LogP contribution in [0.25, 0.3) is 0 Å². The minimum absolute atomic E-state index is 0.275. The Kier molecular flexibility index (Phi) is 3.70. The molecule has 12 heavy (non-hydrogen) atoms. The third-order valence-corrected chi connectivity index (χ3v) is 2.84. The van der Waals surface area contributed by atoms with Crippen molar-refractivity contribution in [1.29, 1.82) is 0 Å². The third kappa shape index (κ3) is 1.85. The van der Waals surface area contributed by atoms with Gasteiger partial charge in [-0.1, -0.05) is 6.07 Å². The predicted molar refractivity (Wildman–Crippen MR) is 54.9 cm³/mol.